The molecular formula is C12H15NO2. The van der Waals surface area contributed by atoms with Crippen molar-refractivity contribution in [3.8, 4) is 0 Å². The fourth-order valence-corrected chi connectivity index (χ4v) is 2.04. The van der Waals surface area contributed by atoms with Crippen LogP contribution in [0.3, 0.4) is 0 Å². The minimum atomic E-state index is -0.766. The van der Waals surface area contributed by atoms with Crippen LogP contribution < -0.4 is 0 Å². The topological polar surface area (TPSA) is 40.5 Å². The Morgan fingerprint density at radius 2 is 2.27 bits per heavy atom. The second kappa shape index (κ2) is 4.03. The number of nitrogens with zero attached hydrogens (tertiary/aromatic N) is 1. The molecule has 1 aromatic carbocycles. The van der Waals surface area contributed by atoms with Crippen molar-refractivity contribution in [1.29, 1.82) is 0 Å². The van der Waals surface area contributed by atoms with Crippen LogP contribution in [0.1, 0.15) is 17.0 Å². The van der Waals surface area contributed by atoms with Gasteiger partial charge in [-0.05, 0) is 18.2 Å². The average molecular weight is 205 g/mol. The van der Waals surface area contributed by atoms with Gasteiger partial charge in [-0.2, -0.15) is 0 Å². The average Bonchev–Trinajstić information content (AvgIpc) is 2.12. The van der Waals surface area contributed by atoms with Crippen LogP contribution in [0.25, 0.3) is 0 Å². The number of aliphatic carboxylic acids is 1. The standard InChI is InChI=1S/C12H15NO2/c1-13-7-11(8-13)10-4-2-3-9(5-10)6-12(14)15/h2-5,11H,6-8H2,1H3,(H,14,15). The molecule has 15 heavy (non-hydrogen) atoms. The third kappa shape index (κ3) is 2.36. The minimum Gasteiger partial charge on any atom is -0.481 e. The van der Waals surface area contributed by atoms with Crippen molar-refractivity contribution in [1.82, 2.24) is 4.90 Å². The summed E-state index contributed by atoms with van der Waals surface area (Å²) < 4.78 is 0. The number of hydrogen-bond acceptors (Lipinski definition) is 2. The highest BCUT2D eigenvalue weighted by molar-refractivity contribution is 5.70. The van der Waals surface area contributed by atoms with E-state index in [-0.39, 0.29) is 6.42 Å². The number of likely N-dealkylation sites (tertiary alicyclic amines) is 1. The molecule has 80 valence electrons. The van der Waals surface area contributed by atoms with Gasteiger partial charge in [0.25, 0.3) is 0 Å². The van der Waals surface area contributed by atoms with Gasteiger partial charge in [0.05, 0.1) is 6.42 Å². The highest BCUT2D eigenvalue weighted by Gasteiger charge is 2.24. The Kier molecular flexibility index (Phi) is 2.73. The molecule has 1 heterocycles. The lowest BCUT2D eigenvalue weighted by molar-refractivity contribution is -0.136. The first-order valence-corrected chi connectivity index (χ1v) is 5.14. The van der Waals surface area contributed by atoms with Crippen LogP contribution in [0, 0.1) is 0 Å². The van der Waals surface area contributed by atoms with Gasteiger partial charge in [-0.1, -0.05) is 24.3 Å². The fourth-order valence-electron chi connectivity index (χ4n) is 2.04. The summed E-state index contributed by atoms with van der Waals surface area (Å²) >= 11 is 0. The largest absolute Gasteiger partial charge is 0.481 e. The van der Waals surface area contributed by atoms with Gasteiger partial charge in [0.1, 0.15) is 0 Å². The van der Waals surface area contributed by atoms with Crippen molar-refractivity contribution in [2.45, 2.75) is 12.3 Å². The molecule has 3 nitrogen and oxygen atoms in total. The quantitative estimate of drug-likeness (QED) is 0.809. The van der Waals surface area contributed by atoms with E-state index >= 15 is 0 Å². The molecule has 1 saturated heterocycles. The van der Waals surface area contributed by atoms with Gasteiger partial charge in [0, 0.05) is 19.0 Å². The first-order chi connectivity index (χ1) is 7.15. The van der Waals surface area contributed by atoms with Gasteiger partial charge in [-0.15, -0.1) is 0 Å². The maximum Gasteiger partial charge on any atom is 0.307 e. The molecular weight excluding hydrogens is 190 g/mol. The van der Waals surface area contributed by atoms with E-state index in [9.17, 15) is 4.79 Å². The molecule has 1 aromatic rings. The van der Waals surface area contributed by atoms with Gasteiger partial charge in [0.15, 0.2) is 0 Å². The summed E-state index contributed by atoms with van der Waals surface area (Å²) in [5.41, 5.74) is 2.17. The maximum atomic E-state index is 10.6. The predicted molar refractivity (Wildman–Crippen MR) is 58.0 cm³/mol. The van der Waals surface area contributed by atoms with Gasteiger partial charge in [0.2, 0.25) is 0 Å². The highest BCUT2D eigenvalue weighted by atomic mass is 16.4. The summed E-state index contributed by atoms with van der Waals surface area (Å²) in [5.74, 6) is -0.179. The third-order valence-electron chi connectivity index (χ3n) is 2.84. The monoisotopic (exact) mass is 205 g/mol. The number of carboxylic acid groups (broad SMARTS) is 1. The van der Waals surface area contributed by atoms with Crippen LogP contribution in [0.15, 0.2) is 24.3 Å². The molecule has 1 fully saturated rings. The van der Waals surface area contributed by atoms with Gasteiger partial charge in [-0.25, -0.2) is 0 Å². The Morgan fingerprint density at radius 3 is 2.87 bits per heavy atom. The molecule has 3 heteroatoms. The molecule has 0 atom stereocenters. The first-order valence-electron chi connectivity index (χ1n) is 5.14. The second-order valence-electron chi connectivity index (χ2n) is 4.23. The molecule has 0 radical (unpaired) electrons. The van der Waals surface area contributed by atoms with E-state index in [1.54, 1.807) is 0 Å². The fraction of sp³-hybridized carbons (Fsp3) is 0.417. The Morgan fingerprint density at radius 1 is 1.53 bits per heavy atom. The zero-order chi connectivity index (χ0) is 10.8. The molecule has 0 bridgehead atoms. The number of carbonyl (C=O) groups is 1. The van der Waals surface area contributed by atoms with E-state index in [0.717, 1.165) is 18.7 Å². The molecule has 2 rings (SSSR count). The summed E-state index contributed by atoms with van der Waals surface area (Å²) in [4.78, 5) is 12.8. The van der Waals surface area contributed by atoms with E-state index in [0.29, 0.717) is 5.92 Å². The number of carboxylic acids is 1. The summed E-state index contributed by atoms with van der Waals surface area (Å²) in [7, 11) is 2.09. The van der Waals surface area contributed by atoms with Crippen LogP contribution in [-0.4, -0.2) is 36.1 Å². The van der Waals surface area contributed by atoms with Crippen molar-refractivity contribution in [2.75, 3.05) is 20.1 Å². The molecule has 0 amide bonds. The Bertz CT molecular complexity index is 370. The molecule has 0 spiro atoms. The number of benzene rings is 1. The summed E-state index contributed by atoms with van der Waals surface area (Å²) in [5, 5.41) is 8.70. The molecule has 1 aliphatic heterocycles. The van der Waals surface area contributed by atoms with E-state index in [2.05, 4.69) is 18.0 Å². The van der Waals surface area contributed by atoms with E-state index in [1.807, 2.05) is 18.2 Å². The van der Waals surface area contributed by atoms with Crippen LogP contribution in [0.2, 0.25) is 0 Å². The summed E-state index contributed by atoms with van der Waals surface area (Å²) in [6.45, 7) is 2.16. The minimum absolute atomic E-state index is 0.121. The third-order valence-corrected chi connectivity index (χ3v) is 2.84. The Hall–Kier alpha value is -1.35. The molecule has 0 aromatic heterocycles. The number of likely N-dealkylation sites (N-methyl/N-ethyl adjacent to an activating group) is 1. The Balaban J connectivity index is 2.09. The lowest BCUT2D eigenvalue weighted by Gasteiger charge is -2.36. The zero-order valence-electron chi connectivity index (χ0n) is 8.81. The number of hydrogen-bond donors (Lipinski definition) is 1. The lowest BCUT2D eigenvalue weighted by Crippen LogP contribution is -2.41. The normalized spacial score (nSPS) is 17.4. The van der Waals surface area contributed by atoms with Crippen LogP contribution in [0.5, 0.6) is 0 Å². The molecule has 0 unspecified atom stereocenters. The lowest BCUT2D eigenvalue weighted by atomic mass is 9.90. The SMILES string of the molecule is CN1CC(c2cccc(CC(=O)O)c2)C1. The van der Waals surface area contributed by atoms with Gasteiger partial charge >= 0.3 is 5.97 Å². The van der Waals surface area contributed by atoms with Crippen molar-refractivity contribution in [3.05, 3.63) is 35.4 Å². The van der Waals surface area contributed by atoms with E-state index in [1.165, 1.54) is 5.56 Å². The maximum absolute atomic E-state index is 10.6. The van der Waals surface area contributed by atoms with Crippen molar-refractivity contribution >= 4 is 5.97 Å². The zero-order valence-corrected chi connectivity index (χ0v) is 8.81. The summed E-state index contributed by atoms with van der Waals surface area (Å²) in [6.07, 6.45) is 0.121. The molecule has 1 aliphatic rings. The first kappa shape index (κ1) is 10.2. The predicted octanol–water partition coefficient (Wildman–Crippen LogP) is 1.34. The molecule has 1 N–H and O–H groups in total. The highest BCUT2D eigenvalue weighted by Crippen LogP contribution is 2.25. The molecule has 0 aliphatic carbocycles. The van der Waals surface area contributed by atoms with Crippen LogP contribution in [-0.2, 0) is 11.2 Å². The van der Waals surface area contributed by atoms with Crippen molar-refractivity contribution in [3.63, 3.8) is 0 Å². The summed E-state index contributed by atoms with van der Waals surface area (Å²) in [6, 6.07) is 7.93. The van der Waals surface area contributed by atoms with E-state index in [4.69, 9.17) is 5.11 Å². The Labute approximate surface area is 89.3 Å². The van der Waals surface area contributed by atoms with Gasteiger partial charge < -0.3 is 10.0 Å². The van der Waals surface area contributed by atoms with Crippen molar-refractivity contribution in [2.24, 2.45) is 0 Å². The van der Waals surface area contributed by atoms with E-state index < -0.39 is 5.97 Å². The smallest absolute Gasteiger partial charge is 0.307 e. The molecule has 0 saturated carbocycles. The van der Waals surface area contributed by atoms with Gasteiger partial charge in [-0.3, -0.25) is 4.79 Å². The van der Waals surface area contributed by atoms with Crippen LogP contribution in [0.4, 0.5) is 0 Å². The van der Waals surface area contributed by atoms with Crippen LogP contribution >= 0.6 is 0 Å². The second-order valence-corrected chi connectivity index (χ2v) is 4.23. The number of rotatable bonds is 3. The van der Waals surface area contributed by atoms with Crippen molar-refractivity contribution < 1.29 is 9.90 Å².